The molecule has 4 rings (SSSR count). The van der Waals surface area contributed by atoms with Crippen LogP contribution in [0.5, 0.6) is 0 Å². The molecule has 36 heavy (non-hydrogen) atoms. The van der Waals surface area contributed by atoms with Crippen molar-refractivity contribution in [2.24, 2.45) is 0 Å². The Morgan fingerprint density at radius 2 is 1.33 bits per heavy atom. The molecule has 4 amide bonds. The Labute approximate surface area is 209 Å². The average Bonchev–Trinajstić information content (AvgIpc) is 2.90. The van der Waals surface area contributed by atoms with Gasteiger partial charge in [0.05, 0.1) is 37.0 Å². The molecule has 1 heterocycles. The molecule has 0 aliphatic carbocycles. The molecule has 0 bridgehead atoms. The van der Waals surface area contributed by atoms with E-state index < -0.39 is 0 Å². The van der Waals surface area contributed by atoms with Crippen LogP contribution in [0.3, 0.4) is 0 Å². The number of aromatic nitrogens is 1. The normalized spacial score (nSPS) is 10.9. The molecule has 0 spiro atoms. The first kappa shape index (κ1) is 24.9. The lowest BCUT2D eigenvalue weighted by Crippen LogP contribution is -2.55. The van der Waals surface area contributed by atoms with E-state index >= 15 is 0 Å². The molecule has 0 radical (unpaired) electrons. The summed E-state index contributed by atoms with van der Waals surface area (Å²) in [4.78, 5) is 24.5. The standard InChI is InChI=1S/C27H31N7O2/c1-2-34-24-17-20(33-27(36)31-15-13-29)9-11-22(24)21-10-8-19(32-26(35)30-14-12-28)16-23(21)25(34)18-6-4-3-5-7-18/h3-11,16-17H,2,12-15,28-29H2,1H3,(H3,30,31,32,35,36)/p+3. The molecule has 0 aliphatic rings. The van der Waals surface area contributed by atoms with Crippen molar-refractivity contribution < 1.29 is 25.6 Å². The summed E-state index contributed by atoms with van der Waals surface area (Å²) in [6.07, 6.45) is 0. The Hall–Kier alpha value is -4.21. The molecule has 0 saturated carbocycles. The van der Waals surface area contributed by atoms with Gasteiger partial charge in [0.2, 0.25) is 11.2 Å². The van der Waals surface area contributed by atoms with Gasteiger partial charge < -0.3 is 32.7 Å². The third-order valence-electron chi connectivity index (χ3n) is 5.93. The summed E-state index contributed by atoms with van der Waals surface area (Å²) in [5.41, 5.74) is 12.1. The Kier molecular flexibility index (Phi) is 7.94. The molecule has 0 unspecified atom stereocenters. The molecule has 1 aromatic heterocycles. The molecule has 0 atom stereocenters. The van der Waals surface area contributed by atoms with Crippen LogP contribution in [0.1, 0.15) is 6.92 Å². The molecule has 0 fully saturated rings. The highest BCUT2D eigenvalue weighted by Gasteiger charge is 2.23. The van der Waals surface area contributed by atoms with Crippen LogP contribution in [0.25, 0.3) is 32.9 Å². The molecule has 9 heteroatoms. The van der Waals surface area contributed by atoms with Crippen molar-refractivity contribution in [3.63, 3.8) is 0 Å². The van der Waals surface area contributed by atoms with Gasteiger partial charge in [-0.05, 0) is 43.3 Å². The number of nitrogens with zero attached hydrogens (tertiary/aromatic N) is 1. The summed E-state index contributed by atoms with van der Waals surface area (Å²) >= 11 is 0. The van der Waals surface area contributed by atoms with Gasteiger partial charge in [0.15, 0.2) is 0 Å². The van der Waals surface area contributed by atoms with Crippen LogP contribution in [-0.2, 0) is 6.54 Å². The number of hydrogen-bond acceptors (Lipinski definition) is 2. The maximum atomic E-state index is 12.3. The van der Waals surface area contributed by atoms with Gasteiger partial charge >= 0.3 is 12.1 Å². The number of aryl methyl sites for hydroxylation is 1. The fourth-order valence-corrected chi connectivity index (χ4v) is 4.37. The highest BCUT2D eigenvalue weighted by atomic mass is 16.2. The van der Waals surface area contributed by atoms with Gasteiger partial charge in [-0.3, -0.25) is 0 Å². The zero-order chi connectivity index (χ0) is 25.5. The predicted octanol–water partition coefficient (Wildman–Crippen LogP) is 1.69. The van der Waals surface area contributed by atoms with Crippen LogP contribution in [0.2, 0.25) is 0 Å². The number of rotatable bonds is 8. The van der Waals surface area contributed by atoms with Gasteiger partial charge in [-0.1, -0.05) is 24.3 Å². The summed E-state index contributed by atoms with van der Waals surface area (Å²) in [5.74, 6) is 0. The number of fused-ring (bicyclic) bond motifs is 3. The van der Waals surface area contributed by atoms with E-state index in [1.807, 2.05) is 54.6 Å². The minimum atomic E-state index is -0.253. The van der Waals surface area contributed by atoms with Crippen molar-refractivity contribution in [1.82, 2.24) is 10.6 Å². The van der Waals surface area contributed by atoms with Crippen molar-refractivity contribution in [3.8, 4) is 11.3 Å². The number of pyridine rings is 1. The lowest BCUT2D eigenvalue weighted by molar-refractivity contribution is -0.655. The molecular weight excluding hydrogens is 454 g/mol. The summed E-state index contributed by atoms with van der Waals surface area (Å²) in [6, 6.07) is 21.6. The Bertz CT molecular complexity index is 1390. The van der Waals surface area contributed by atoms with Gasteiger partial charge in [0, 0.05) is 28.4 Å². The zero-order valence-corrected chi connectivity index (χ0v) is 20.6. The summed E-state index contributed by atoms with van der Waals surface area (Å²) in [6.45, 7) is 5.10. The maximum Gasteiger partial charge on any atom is 0.319 e. The lowest BCUT2D eigenvalue weighted by atomic mass is 9.98. The average molecular weight is 489 g/mol. The number of hydrogen-bond donors (Lipinski definition) is 6. The number of nitrogens with one attached hydrogen (secondary N) is 4. The molecule has 4 aromatic rings. The van der Waals surface area contributed by atoms with Gasteiger partial charge in [-0.15, -0.1) is 0 Å². The van der Waals surface area contributed by atoms with Gasteiger partial charge in [-0.25, -0.2) is 9.59 Å². The SMILES string of the molecule is CC[n+]1c(-c2ccccc2)c2cc(NC(=O)NCC[NH3+])ccc2c2ccc(NC(=O)NCC[NH3+])cc21. The number of amides is 4. The first-order valence-corrected chi connectivity index (χ1v) is 12.2. The minimum Gasteiger partial charge on any atom is -0.356 e. The molecule has 3 aromatic carbocycles. The summed E-state index contributed by atoms with van der Waals surface area (Å²) < 4.78 is 2.25. The maximum absolute atomic E-state index is 12.3. The molecule has 10 N–H and O–H groups in total. The Morgan fingerprint density at radius 1 is 0.750 bits per heavy atom. The second-order valence-electron chi connectivity index (χ2n) is 8.42. The largest absolute Gasteiger partial charge is 0.356 e. The van der Waals surface area contributed by atoms with E-state index in [9.17, 15) is 9.59 Å². The first-order chi connectivity index (χ1) is 17.5. The fraction of sp³-hybridized carbons (Fsp3) is 0.222. The Balaban J connectivity index is 1.89. The van der Waals surface area contributed by atoms with E-state index in [1.54, 1.807) is 0 Å². The second kappa shape index (κ2) is 11.5. The zero-order valence-electron chi connectivity index (χ0n) is 20.6. The highest BCUT2D eigenvalue weighted by molar-refractivity contribution is 6.11. The number of carbonyl (C=O) groups excluding carboxylic acids is 2. The number of anilines is 2. The van der Waals surface area contributed by atoms with Crippen molar-refractivity contribution in [2.45, 2.75) is 13.5 Å². The van der Waals surface area contributed by atoms with E-state index in [0.717, 1.165) is 39.5 Å². The minimum absolute atomic E-state index is 0.252. The van der Waals surface area contributed by atoms with Crippen molar-refractivity contribution in [3.05, 3.63) is 66.7 Å². The van der Waals surface area contributed by atoms with E-state index in [4.69, 9.17) is 0 Å². The smallest absolute Gasteiger partial charge is 0.319 e. The molecule has 9 nitrogen and oxygen atoms in total. The fourth-order valence-electron chi connectivity index (χ4n) is 4.37. The third kappa shape index (κ3) is 5.37. The quantitative estimate of drug-likeness (QED) is 0.166. The van der Waals surface area contributed by atoms with E-state index in [0.29, 0.717) is 37.6 Å². The van der Waals surface area contributed by atoms with Crippen molar-refractivity contribution in [2.75, 3.05) is 36.8 Å². The van der Waals surface area contributed by atoms with Crippen LogP contribution in [-0.4, -0.2) is 38.2 Å². The van der Waals surface area contributed by atoms with E-state index in [1.165, 1.54) is 0 Å². The van der Waals surface area contributed by atoms with E-state index in [-0.39, 0.29) is 12.1 Å². The Morgan fingerprint density at radius 3 is 1.92 bits per heavy atom. The van der Waals surface area contributed by atoms with Crippen LogP contribution in [0.15, 0.2) is 66.7 Å². The summed E-state index contributed by atoms with van der Waals surface area (Å²) in [7, 11) is 0. The topological polar surface area (TPSA) is 141 Å². The number of quaternary nitrogens is 2. The summed E-state index contributed by atoms with van der Waals surface area (Å²) in [5, 5.41) is 14.6. The molecule has 186 valence electrons. The third-order valence-corrected chi connectivity index (χ3v) is 5.93. The monoisotopic (exact) mass is 488 g/mol. The first-order valence-electron chi connectivity index (χ1n) is 12.2. The highest BCUT2D eigenvalue weighted by Crippen LogP contribution is 2.34. The number of carbonyl (C=O) groups is 2. The van der Waals surface area contributed by atoms with Crippen LogP contribution >= 0.6 is 0 Å². The molecule has 0 saturated heterocycles. The predicted molar refractivity (Wildman–Crippen MR) is 142 cm³/mol. The van der Waals surface area contributed by atoms with Crippen molar-refractivity contribution in [1.29, 1.82) is 0 Å². The van der Waals surface area contributed by atoms with Gasteiger partial charge in [-0.2, -0.15) is 4.57 Å². The van der Waals surface area contributed by atoms with Crippen LogP contribution < -0.4 is 37.3 Å². The van der Waals surface area contributed by atoms with Gasteiger partial charge in [0.25, 0.3) is 0 Å². The second-order valence-corrected chi connectivity index (χ2v) is 8.42. The lowest BCUT2D eigenvalue weighted by Gasteiger charge is -2.14. The van der Waals surface area contributed by atoms with Crippen LogP contribution in [0.4, 0.5) is 21.0 Å². The van der Waals surface area contributed by atoms with E-state index in [2.05, 4.69) is 56.4 Å². The number of benzene rings is 3. The molecular formula is C27H34N7O2+3. The van der Waals surface area contributed by atoms with Crippen molar-refractivity contribution >= 4 is 45.1 Å². The molecule has 0 aliphatic heterocycles. The van der Waals surface area contributed by atoms with Crippen LogP contribution in [0, 0.1) is 0 Å². The van der Waals surface area contributed by atoms with Gasteiger partial charge in [0.1, 0.15) is 6.54 Å². The number of urea groups is 2.